The SMILES string of the molecule is CCC1CCN(c2c(C#N)c(=O)[nH]c3ccccc23)CC1. The zero-order valence-corrected chi connectivity index (χ0v) is 12.2. The van der Waals surface area contributed by atoms with Gasteiger partial charge in [0.1, 0.15) is 11.6 Å². The van der Waals surface area contributed by atoms with Crippen LogP contribution < -0.4 is 10.5 Å². The van der Waals surface area contributed by atoms with Crippen LogP contribution in [-0.2, 0) is 0 Å². The monoisotopic (exact) mass is 281 g/mol. The van der Waals surface area contributed by atoms with Crippen LogP contribution >= 0.6 is 0 Å². The molecule has 4 nitrogen and oxygen atoms in total. The number of pyridine rings is 1. The third-order valence-electron chi connectivity index (χ3n) is 4.51. The number of anilines is 1. The van der Waals surface area contributed by atoms with Gasteiger partial charge in [0.05, 0.1) is 11.2 Å². The third-order valence-corrected chi connectivity index (χ3v) is 4.51. The van der Waals surface area contributed by atoms with Crippen molar-refractivity contribution in [3.63, 3.8) is 0 Å². The number of H-pyrrole nitrogens is 1. The van der Waals surface area contributed by atoms with E-state index in [1.54, 1.807) is 0 Å². The average Bonchev–Trinajstić information content (AvgIpc) is 2.53. The van der Waals surface area contributed by atoms with Crippen molar-refractivity contribution in [1.82, 2.24) is 4.98 Å². The second-order valence-electron chi connectivity index (χ2n) is 5.67. The van der Waals surface area contributed by atoms with Crippen LogP contribution in [0.25, 0.3) is 10.9 Å². The van der Waals surface area contributed by atoms with Crippen LogP contribution in [0.4, 0.5) is 5.69 Å². The molecule has 1 N–H and O–H groups in total. The normalized spacial score (nSPS) is 16.1. The molecule has 1 aromatic carbocycles. The van der Waals surface area contributed by atoms with Gasteiger partial charge in [0.2, 0.25) is 0 Å². The highest BCUT2D eigenvalue weighted by Gasteiger charge is 2.23. The molecule has 0 spiro atoms. The summed E-state index contributed by atoms with van der Waals surface area (Å²) in [4.78, 5) is 17.2. The molecule has 1 fully saturated rings. The second kappa shape index (κ2) is 5.61. The van der Waals surface area contributed by atoms with Crippen LogP contribution in [0, 0.1) is 17.2 Å². The zero-order chi connectivity index (χ0) is 14.8. The molecule has 1 saturated heterocycles. The molecule has 1 aliphatic heterocycles. The molecule has 108 valence electrons. The molecule has 4 heteroatoms. The summed E-state index contributed by atoms with van der Waals surface area (Å²) in [7, 11) is 0. The summed E-state index contributed by atoms with van der Waals surface area (Å²) < 4.78 is 0. The van der Waals surface area contributed by atoms with Crippen molar-refractivity contribution < 1.29 is 0 Å². The van der Waals surface area contributed by atoms with Gasteiger partial charge < -0.3 is 9.88 Å². The fourth-order valence-corrected chi connectivity index (χ4v) is 3.22. The van der Waals surface area contributed by atoms with E-state index in [9.17, 15) is 10.1 Å². The van der Waals surface area contributed by atoms with Crippen molar-refractivity contribution >= 4 is 16.6 Å². The zero-order valence-electron chi connectivity index (χ0n) is 12.2. The molecule has 0 saturated carbocycles. The predicted octanol–water partition coefficient (Wildman–Crippen LogP) is 3.03. The Balaban J connectivity index is 2.13. The number of nitrogens with one attached hydrogen (secondary N) is 1. The van der Waals surface area contributed by atoms with Crippen molar-refractivity contribution in [3.05, 3.63) is 40.2 Å². The van der Waals surface area contributed by atoms with E-state index in [2.05, 4.69) is 22.9 Å². The maximum absolute atomic E-state index is 12.1. The Morgan fingerprint density at radius 3 is 2.71 bits per heavy atom. The van der Waals surface area contributed by atoms with Crippen LogP contribution in [-0.4, -0.2) is 18.1 Å². The summed E-state index contributed by atoms with van der Waals surface area (Å²) in [6.45, 7) is 4.06. The van der Waals surface area contributed by atoms with Crippen LogP contribution in [0.3, 0.4) is 0 Å². The van der Waals surface area contributed by atoms with Crippen LogP contribution in [0.2, 0.25) is 0 Å². The van der Waals surface area contributed by atoms with Crippen LogP contribution in [0.15, 0.2) is 29.1 Å². The Kier molecular flexibility index (Phi) is 3.66. The number of piperidine rings is 1. The molecule has 21 heavy (non-hydrogen) atoms. The molecule has 2 heterocycles. The highest BCUT2D eigenvalue weighted by atomic mass is 16.1. The molecule has 0 bridgehead atoms. The van der Waals surface area contributed by atoms with E-state index >= 15 is 0 Å². The lowest BCUT2D eigenvalue weighted by molar-refractivity contribution is 0.395. The first-order valence-corrected chi connectivity index (χ1v) is 7.54. The average molecular weight is 281 g/mol. The van der Waals surface area contributed by atoms with Gasteiger partial charge in [-0.05, 0) is 24.8 Å². The largest absolute Gasteiger partial charge is 0.370 e. The van der Waals surface area contributed by atoms with Crippen molar-refractivity contribution in [2.24, 2.45) is 5.92 Å². The van der Waals surface area contributed by atoms with E-state index in [1.807, 2.05) is 24.3 Å². The first-order chi connectivity index (χ1) is 10.2. The summed E-state index contributed by atoms with van der Waals surface area (Å²) in [6.07, 6.45) is 3.46. The number of nitriles is 1. The summed E-state index contributed by atoms with van der Waals surface area (Å²) in [5, 5.41) is 10.4. The number of hydrogen-bond acceptors (Lipinski definition) is 3. The van der Waals surface area contributed by atoms with Gasteiger partial charge in [-0.25, -0.2) is 0 Å². The van der Waals surface area contributed by atoms with E-state index < -0.39 is 0 Å². The van der Waals surface area contributed by atoms with E-state index in [1.165, 1.54) is 6.42 Å². The Hall–Kier alpha value is -2.28. The van der Waals surface area contributed by atoms with Gasteiger partial charge in [0, 0.05) is 18.5 Å². The van der Waals surface area contributed by atoms with E-state index in [4.69, 9.17) is 0 Å². The lowest BCUT2D eigenvalue weighted by Gasteiger charge is -2.34. The molecule has 2 aromatic rings. The smallest absolute Gasteiger partial charge is 0.268 e. The standard InChI is InChI=1S/C17H19N3O/c1-2-12-7-9-20(10-8-12)16-13-5-3-4-6-15(13)19-17(21)14(16)11-18/h3-6,12H,2,7-10H2,1H3,(H,19,21). The maximum Gasteiger partial charge on any atom is 0.268 e. The molecular weight excluding hydrogens is 262 g/mol. The topological polar surface area (TPSA) is 59.9 Å². The van der Waals surface area contributed by atoms with Gasteiger partial charge in [0.15, 0.2) is 0 Å². The number of aromatic amines is 1. The van der Waals surface area contributed by atoms with Crippen molar-refractivity contribution in [2.75, 3.05) is 18.0 Å². The van der Waals surface area contributed by atoms with Crippen molar-refractivity contribution in [2.45, 2.75) is 26.2 Å². The molecule has 1 aromatic heterocycles. The van der Waals surface area contributed by atoms with Gasteiger partial charge in [-0.2, -0.15) is 5.26 Å². The minimum Gasteiger partial charge on any atom is -0.370 e. The summed E-state index contributed by atoms with van der Waals surface area (Å²) in [5.74, 6) is 0.764. The number of benzene rings is 1. The van der Waals surface area contributed by atoms with Crippen molar-refractivity contribution in [1.29, 1.82) is 5.26 Å². The van der Waals surface area contributed by atoms with E-state index in [0.29, 0.717) is 0 Å². The summed E-state index contributed by atoms with van der Waals surface area (Å²) >= 11 is 0. The fourth-order valence-electron chi connectivity index (χ4n) is 3.22. The van der Waals surface area contributed by atoms with Gasteiger partial charge >= 0.3 is 0 Å². The molecule has 3 rings (SSSR count). The lowest BCUT2D eigenvalue weighted by Crippen LogP contribution is -2.35. The highest BCUT2D eigenvalue weighted by molar-refractivity contribution is 5.94. The number of nitrogens with zero attached hydrogens (tertiary/aromatic N) is 2. The van der Waals surface area contributed by atoms with E-state index in [-0.39, 0.29) is 11.1 Å². The minimum atomic E-state index is -0.288. The number of para-hydroxylation sites is 1. The molecule has 0 radical (unpaired) electrons. The highest BCUT2D eigenvalue weighted by Crippen LogP contribution is 2.31. The number of rotatable bonds is 2. The van der Waals surface area contributed by atoms with Crippen molar-refractivity contribution in [3.8, 4) is 6.07 Å². The molecule has 1 aliphatic rings. The van der Waals surface area contributed by atoms with E-state index in [0.717, 1.165) is 48.4 Å². The quantitative estimate of drug-likeness (QED) is 0.920. The predicted molar refractivity (Wildman–Crippen MR) is 84.5 cm³/mol. The maximum atomic E-state index is 12.1. The first-order valence-electron chi connectivity index (χ1n) is 7.54. The van der Waals surface area contributed by atoms with Gasteiger partial charge in [-0.3, -0.25) is 4.79 Å². The van der Waals surface area contributed by atoms with Gasteiger partial charge in [-0.15, -0.1) is 0 Å². The number of fused-ring (bicyclic) bond motifs is 1. The summed E-state index contributed by atoms with van der Waals surface area (Å²) in [5.41, 5.74) is 1.56. The third kappa shape index (κ3) is 2.40. The summed E-state index contributed by atoms with van der Waals surface area (Å²) in [6, 6.07) is 9.81. The Bertz CT molecular complexity index is 749. The molecule has 0 atom stereocenters. The van der Waals surface area contributed by atoms with Crippen LogP contribution in [0.5, 0.6) is 0 Å². The number of aromatic nitrogens is 1. The second-order valence-corrected chi connectivity index (χ2v) is 5.67. The Morgan fingerprint density at radius 1 is 1.33 bits per heavy atom. The molecule has 0 aliphatic carbocycles. The molecule has 0 unspecified atom stereocenters. The Morgan fingerprint density at radius 2 is 2.05 bits per heavy atom. The lowest BCUT2D eigenvalue weighted by atomic mass is 9.93. The number of hydrogen-bond donors (Lipinski definition) is 1. The van der Waals surface area contributed by atoms with Crippen LogP contribution in [0.1, 0.15) is 31.7 Å². The van der Waals surface area contributed by atoms with Gasteiger partial charge in [0.25, 0.3) is 5.56 Å². The minimum absolute atomic E-state index is 0.239. The molecular formula is C17H19N3O. The fraction of sp³-hybridized carbons (Fsp3) is 0.412. The van der Waals surface area contributed by atoms with Gasteiger partial charge in [-0.1, -0.05) is 31.5 Å². The first kappa shape index (κ1) is 13.7. The Labute approximate surface area is 124 Å². The molecule has 0 amide bonds.